The SMILES string of the molecule is NC(=O)c1ccc2c(c1)nc(NCCOCCCCNCc1cc3cc(OC4CCC4)ccc3[nH]1)c1ccncc12. The average Bonchev–Trinajstić information content (AvgIpc) is 3.37. The molecule has 1 aliphatic carbocycles. The van der Waals surface area contributed by atoms with Gasteiger partial charge in [0.1, 0.15) is 11.6 Å². The molecule has 2 aromatic carbocycles. The fourth-order valence-electron chi connectivity index (χ4n) is 5.18. The largest absolute Gasteiger partial charge is 0.490 e. The van der Waals surface area contributed by atoms with Crippen LogP contribution in [-0.4, -0.2) is 53.3 Å². The summed E-state index contributed by atoms with van der Waals surface area (Å²) < 4.78 is 11.9. The normalized spacial score (nSPS) is 13.6. The number of carbonyl (C=O) groups is 1. The van der Waals surface area contributed by atoms with Crippen molar-refractivity contribution in [3.8, 4) is 5.75 Å². The van der Waals surface area contributed by atoms with Crippen LogP contribution in [0.2, 0.25) is 0 Å². The van der Waals surface area contributed by atoms with Crippen molar-refractivity contribution in [3.05, 3.63) is 72.2 Å². The van der Waals surface area contributed by atoms with Gasteiger partial charge < -0.3 is 30.8 Å². The highest BCUT2D eigenvalue weighted by molar-refractivity contribution is 6.11. The lowest BCUT2D eigenvalue weighted by Gasteiger charge is -2.26. The highest BCUT2D eigenvalue weighted by atomic mass is 16.5. The number of rotatable bonds is 14. The number of fused-ring (bicyclic) bond motifs is 4. The van der Waals surface area contributed by atoms with Crippen molar-refractivity contribution in [2.75, 3.05) is 31.6 Å². The molecule has 9 heteroatoms. The lowest BCUT2D eigenvalue weighted by Crippen LogP contribution is -2.24. The van der Waals surface area contributed by atoms with Crippen molar-refractivity contribution >= 4 is 44.3 Å². The Bertz CT molecular complexity index is 1660. The monoisotopic (exact) mass is 552 g/mol. The average molecular weight is 553 g/mol. The lowest BCUT2D eigenvalue weighted by molar-refractivity contribution is 0.100. The topological polar surface area (TPSA) is 127 Å². The Morgan fingerprint density at radius 3 is 2.78 bits per heavy atom. The van der Waals surface area contributed by atoms with E-state index in [0.29, 0.717) is 36.9 Å². The van der Waals surface area contributed by atoms with Crippen molar-refractivity contribution in [2.24, 2.45) is 5.73 Å². The molecule has 1 aliphatic rings. The first kappa shape index (κ1) is 27.0. The molecule has 5 N–H and O–H groups in total. The Kier molecular flexibility index (Phi) is 8.25. The number of anilines is 1. The number of nitrogens with two attached hydrogens (primary N) is 1. The number of pyridine rings is 2. The number of benzene rings is 2. The zero-order chi connectivity index (χ0) is 28.0. The van der Waals surface area contributed by atoms with Crippen molar-refractivity contribution < 1.29 is 14.3 Å². The first-order valence-corrected chi connectivity index (χ1v) is 14.4. The second-order valence-electron chi connectivity index (χ2n) is 10.6. The van der Waals surface area contributed by atoms with E-state index < -0.39 is 5.91 Å². The van der Waals surface area contributed by atoms with Crippen LogP contribution in [0.5, 0.6) is 5.75 Å². The van der Waals surface area contributed by atoms with E-state index in [2.05, 4.69) is 44.9 Å². The number of H-pyrrole nitrogens is 1. The molecule has 0 saturated heterocycles. The van der Waals surface area contributed by atoms with Gasteiger partial charge in [-0.3, -0.25) is 9.78 Å². The number of aromatic nitrogens is 3. The fraction of sp³-hybridized carbons (Fsp3) is 0.344. The van der Waals surface area contributed by atoms with Crippen LogP contribution in [0.25, 0.3) is 32.6 Å². The summed E-state index contributed by atoms with van der Waals surface area (Å²) in [6.07, 6.45) is 9.61. The van der Waals surface area contributed by atoms with Crippen LogP contribution in [0.4, 0.5) is 5.82 Å². The lowest BCUT2D eigenvalue weighted by atomic mass is 9.96. The molecule has 3 aromatic heterocycles. The number of ether oxygens (including phenoxy) is 2. The standard InChI is InChI=1S/C32H36N6O3/c33-31(39)21-6-8-26-28-20-35-12-10-27(28)32(38-30(26)18-21)36-13-15-40-14-2-1-11-34-19-23-16-22-17-25(7-9-29(22)37-23)41-24-4-3-5-24/h6-10,12,16-18,20,24,34,37H,1-5,11,13-15,19H2,(H2,33,39)(H,36,38). The molecule has 0 aliphatic heterocycles. The molecule has 212 valence electrons. The van der Waals surface area contributed by atoms with Gasteiger partial charge in [0.15, 0.2) is 0 Å². The Morgan fingerprint density at radius 1 is 1.00 bits per heavy atom. The van der Waals surface area contributed by atoms with Crippen molar-refractivity contribution in [3.63, 3.8) is 0 Å². The summed E-state index contributed by atoms with van der Waals surface area (Å²) in [6, 6.07) is 15.8. The summed E-state index contributed by atoms with van der Waals surface area (Å²) >= 11 is 0. The molecule has 0 atom stereocenters. The van der Waals surface area contributed by atoms with Crippen LogP contribution in [0.1, 0.15) is 48.2 Å². The molecule has 1 amide bonds. The molecular formula is C32H36N6O3. The predicted octanol–water partition coefficient (Wildman–Crippen LogP) is 5.29. The van der Waals surface area contributed by atoms with E-state index >= 15 is 0 Å². The molecule has 0 radical (unpaired) electrons. The van der Waals surface area contributed by atoms with E-state index in [0.717, 1.165) is 59.2 Å². The number of nitrogens with one attached hydrogen (secondary N) is 3. The van der Waals surface area contributed by atoms with Crippen molar-refractivity contribution in [2.45, 2.75) is 44.8 Å². The highest BCUT2D eigenvalue weighted by Crippen LogP contribution is 2.30. The molecule has 9 nitrogen and oxygen atoms in total. The summed E-state index contributed by atoms with van der Waals surface area (Å²) in [5.74, 6) is 1.23. The van der Waals surface area contributed by atoms with E-state index in [1.54, 1.807) is 18.3 Å². The minimum absolute atomic E-state index is 0.395. The van der Waals surface area contributed by atoms with Crippen LogP contribution in [0, 0.1) is 0 Å². The summed E-state index contributed by atoms with van der Waals surface area (Å²) in [7, 11) is 0. The van der Waals surface area contributed by atoms with Gasteiger partial charge in [0.25, 0.3) is 0 Å². The third kappa shape index (κ3) is 6.42. The molecule has 41 heavy (non-hydrogen) atoms. The van der Waals surface area contributed by atoms with Crippen LogP contribution < -0.4 is 21.1 Å². The summed E-state index contributed by atoms with van der Waals surface area (Å²) in [4.78, 5) is 24.2. The number of nitrogens with zero attached hydrogens (tertiary/aromatic N) is 2. The minimum Gasteiger partial charge on any atom is -0.490 e. The smallest absolute Gasteiger partial charge is 0.248 e. The zero-order valence-electron chi connectivity index (χ0n) is 23.1. The molecule has 1 saturated carbocycles. The predicted molar refractivity (Wildman–Crippen MR) is 162 cm³/mol. The Hall–Kier alpha value is -4.21. The van der Waals surface area contributed by atoms with Gasteiger partial charge in [-0.2, -0.15) is 0 Å². The molecule has 0 bridgehead atoms. The van der Waals surface area contributed by atoms with Gasteiger partial charge in [0, 0.05) is 70.4 Å². The number of hydrogen-bond acceptors (Lipinski definition) is 7. The molecule has 1 fully saturated rings. The molecule has 3 heterocycles. The van der Waals surface area contributed by atoms with Gasteiger partial charge in [-0.15, -0.1) is 0 Å². The summed E-state index contributed by atoms with van der Waals surface area (Å²) in [5, 5.41) is 11.0. The first-order chi connectivity index (χ1) is 20.1. The van der Waals surface area contributed by atoms with Gasteiger partial charge in [-0.25, -0.2) is 4.98 Å². The molecule has 5 aromatic rings. The van der Waals surface area contributed by atoms with Crippen molar-refractivity contribution in [1.29, 1.82) is 0 Å². The molecule has 0 unspecified atom stereocenters. The Balaban J connectivity index is 0.906. The van der Waals surface area contributed by atoms with Gasteiger partial charge >= 0.3 is 0 Å². The second-order valence-corrected chi connectivity index (χ2v) is 10.6. The maximum absolute atomic E-state index is 11.6. The second kappa shape index (κ2) is 12.5. The van der Waals surface area contributed by atoms with Gasteiger partial charge in [-0.05, 0) is 81.1 Å². The minimum atomic E-state index is -0.473. The third-order valence-corrected chi connectivity index (χ3v) is 7.63. The quantitative estimate of drug-likeness (QED) is 0.109. The number of carbonyl (C=O) groups excluding carboxylic acids is 1. The number of unbranched alkanes of at least 4 members (excludes halogenated alkanes) is 1. The number of aromatic amines is 1. The van der Waals surface area contributed by atoms with Gasteiger partial charge in [0.05, 0.1) is 18.2 Å². The Morgan fingerprint density at radius 2 is 1.93 bits per heavy atom. The van der Waals surface area contributed by atoms with E-state index in [1.165, 1.54) is 30.3 Å². The van der Waals surface area contributed by atoms with Gasteiger partial charge in [0.2, 0.25) is 5.91 Å². The fourth-order valence-corrected chi connectivity index (χ4v) is 5.18. The molecular weight excluding hydrogens is 516 g/mol. The number of amides is 1. The van der Waals surface area contributed by atoms with E-state index in [-0.39, 0.29) is 0 Å². The van der Waals surface area contributed by atoms with Crippen molar-refractivity contribution in [1.82, 2.24) is 20.3 Å². The van der Waals surface area contributed by atoms with E-state index in [9.17, 15) is 4.79 Å². The molecule has 0 spiro atoms. The number of hydrogen-bond donors (Lipinski definition) is 4. The van der Waals surface area contributed by atoms with E-state index in [1.807, 2.05) is 18.3 Å². The highest BCUT2D eigenvalue weighted by Gasteiger charge is 2.19. The molecule has 6 rings (SSSR count). The summed E-state index contributed by atoms with van der Waals surface area (Å²) in [6.45, 7) is 3.64. The number of primary amides is 1. The van der Waals surface area contributed by atoms with Crippen LogP contribution in [-0.2, 0) is 11.3 Å². The summed E-state index contributed by atoms with van der Waals surface area (Å²) in [5.41, 5.74) is 8.92. The first-order valence-electron chi connectivity index (χ1n) is 14.4. The van der Waals surface area contributed by atoms with E-state index in [4.69, 9.17) is 20.2 Å². The van der Waals surface area contributed by atoms with Crippen LogP contribution in [0.15, 0.2) is 60.9 Å². The van der Waals surface area contributed by atoms with Gasteiger partial charge in [-0.1, -0.05) is 6.07 Å². The maximum Gasteiger partial charge on any atom is 0.248 e. The zero-order valence-corrected chi connectivity index (χ0v) is 23.1. The van der Waals surface area contributed by atoms with Crippen LogP contribution in [0.3, 0.4) is 0 Å². The maximum atomic E-state index is 11.6. The third-order valence-electron chi connectivity index (χ3n) is 7.63. The van der Waals surface area contributed by atoms with Crippen LogP contribution >= 0.6 is 0 Å². The Labute approximate surface area is 238 Å².